The van der Waals surface area contributed by atoms with Crippen LogP contribution in [0.4, 0.5) is 0 Å². The molecule has 1 aliphatic carbocycles. The molecule has 0 aromatic heterocycles. The molecular formula is C18H37NO. The molecule has 0 unspecified atom stereocenters. The summed E-state index contributed by atoms with van der Waals surface area (Å²) in [5.41, 5.74) is 0.127. The van der Waals surface area contributed by atoms with Gasteiger partial charge in [0.15, 0.2) is 0 Å². The molecule has 0 aromatic rings. The summed E-state index contributed by atoms with van der Waals surface area (Å²) in [5.74, 6) is 0.936. The van der Waals surface area contributed by atoms with E-state index in [0.29, 0.717) is 6.04 Å². The Bertz CT molecular complexity index is 232. The molecule has 0 radical (unpaired) electrons. The monoisotopic (exact) mass is 283 g/mol. The minimum Gasteiger partial charge on any atom is -0.374 e. The summed E-state index contributed by atoms with van der Waals surface area (Å²) in [7, 11) is 0. The molecule has 1 aliphatic rings. The molecule has 0 bridgehead atoms. The topological polar surface area (TPSA) is 21.3 Å². The first kappa shape index (κ1) is 18.0. The number of hydrogen-bond acceptors (Lipinski definition) is 2. The average Bonchev–Trinajstić information content (AvgIpc) is 2.46. The highest BCUT2D eigenvalue weighted by molar-refractivity contribution is 4.89. The van der Waals surface area contributed by atoms with E-state index in [4.69, 9.17) is 4.74 Å². The quantitative estimate of drug-likeness (QED) is 0.575. The van der Waals surface area contributed by atoms with Gasteiger partial charge in [0.1, 0.15) is 0 Å². The van der Waals surface area contributed by atoms with Gasteiger partial charge in [0.2, 0.25) is 0 Å². The Morgan fingerprint density at radius 1 is 1.10 bits per heavy atom. The highest BCUT2D eigenvalue weighted by atomic mass is 16.5. The zero-order chi connectivity index (χ0) is 14.8. The normalized spacial score (nSPS) is 27.1. The lowest BCUT2D eigenvalue weighted by atomic mass is 9.77. The maximum absolute atomic E-state index is 6.40. The fraction of sp³-hybridized carbons (Fsp3) is 1.00. The maximum atomic E-state index is 6.40. The van der Waals surface area contributed by atoms with Crippen molar-refractivity contribution in [2.24, 2.45) is 5.92 Å². The highest BCUT2D eigenvalue weighted by Crippen LogP contribution is 2.36. The van der Waals surface area contributed by atoms with Gasteiger partial charge in [0, 0.05) is 19.2 Å². The molecule has 0 spiro atoms. The standard InChI is InChI=1S/C18H37NO/c1-5-7-8-9-14-20-18(15-19-16(3)4)12-10-17(6-2)11-13-18/h16-17,19H,5-15H2,1-4H3. The van der Waals surface area contributed by atoms with Gasteiger partial charge in [0.25, 0.3) is 0 Å². The molecule has 0 aliphatic heterocycles. The lowest BCUT2D eigenvalue weighted by molar-refractivity contribution is -0.0786. The first-order valence-corrected chi connectivity index (χ1v) is 8.99. The van der Waals surface area contributed by atoms with Gasteiger partial charge in [-0.3, -0.25) is 0 Å². The number of unbranched alkanes of at least 4 members (excludes halogenated alkanes) is 3. The number of hydrogen-bond donors (Lipinski definition) is 1. The van der Waals surface area contributed by atoms with Gasteiger partial charge < -0.3 is 10.1 Å². The molecule has 0 amide bonds. The van der Waals surface area contributed by atoms with Crippen molar-refractivity contribution in [1.82, 2.24) is 5.32 Å². The van der Waals surface area contributed by atoms with E-state index in [1.54, 1.807) is 0 Å². The Morgan fingerprint density at radius 3 is 2.35 bits per heavy atom. The van der Waals surface area contributed by atoms with Gasteiger partial charge in [-0.15, -0.1) is 0 Å². The minimum absolute atomic E-state index is 0.127. The maximum Gasteiger partial charge on any atom is 0.0806 e. The Balaban J connectivity index is 2.39. The van der Waals surface area contributed by atoms with Crippen LogP contribution < -0.4 is 5.32 Å². The molecule has 0 saturated heterocycles. The molecule has 2 heteroatoms. The molecule has 1 N–H and O–H groups in total. The van der Waals surface area contributed by atoms with Crippen LogP contribution in [0.2, 0.25) is 0 Å². The van der Waals surface area contributed by atoms with Crippen molar-refractivity contribution in [3.8, 4) is 0 Å². The van der Waals surface area contributed by atoms with Gasteiger partial charge in [0.05, 0.1) is 5.60 Å². The molecule has 120 valence electrons. The third-order valence-corrected chi connectivity index (χ3v) is 4.83. The zero-order valence-corrected chi connectivity index (χ0v) is 14.3. The van der Waals surface area contributed by atoms with E-state index in [2.05, 4.69) is 33.0 Å². The van der Waals surface area contributed by atoms with E-state index in [1.807, 2.05) is 0 Å². The van der Waals surface area contributed by atoms with Gasteiger partial charge >= 0.3 is 0 Å². The fourth-order valence-electron chi connectivity index (χ4n) is 3.19. The van der Waals surface area contributed by atoms with E-state index in [1.165, 1.54) is 57.8 Å². The van der Waals surface area contributed by atoms with Crippen LogP contribution in [0.5, 0.6) is 0 Å². The lowest BCUT2D eigenvalue weighted by Crippen LogP contribution is -2.47. The Morgan fingerprint density at radius 2 is 1.80 bits per heavy atom. The van der Waals surface area contributed by atoms with Crippen LogP contribution in [-0.2, 0) is 4.74 Å². The van der Waals surface area contributed by atoms with Crippen LogP contribution in [0, 0.1) is 5.92 Å². The number of nitrogens with one attached hydrogen (secondary N) is 1. The second kappa shape index (κ2) is 9.78. The van der Waals surface area contributed by atoms with Crippen molar-refractivity contribution < 1.29 is 4.74 Å². The molecule has 0 aromatic carbocycles. The Hall–Kier alpha value is -0.0800. The first-order valence-electron chi connectivity index (χ1n) is 8.99. The highest BCUT2D eigenvalue weighted by Gasteiger charge is 2.35. The summed E-state index contributed by atoms with van der Waals surface area (Å²) in [5, 5.41) is 3.62. The van der Waals surface area contributed by atoms with E-state index in [-0.39, 0.29) is 5.60 Å². The van der Waals surface area contributed by atoms with Gasteiger partial charge in [-0.05, 0) is 38.0 Å². The van der Waals surface area contributed by atoms with E-state index < -0.39 is 0 Å². The molecule has 1 fully saturated rings. The van der Waals surface area contributed by atoms with Gasteiger partial charge in [-0.2, -0.15) is 0 Å². The summed E-state index contributed by atoms with van der Waals surface area (Å²) in [6, 6.07) is 0.555. The van der Waals surface area contributed by atoms with Crippen molar-refractivity contribution in [3.05, 3.63) is 0 Å². The smallest absolute Gasteiger partial charge is 0.0806 e. The third kappa shape index (κ3) is 6.58. The molecule has 1 saturated carbocycles. The molecule has 0 heterocycles. The summed E-state index contributed by atoms with van der Waals surface area (Å²) >= 11 is 0. The van der Waals surface area contributed by atoms with E-state index in [9.17, 15) is 0 Å². The summed E-state index contributed by atoms with van der Waals surface area (Å²) in [6.07, 6.45) is 11.7. The molecule has 0 atom stereocenters. The van der Waals surface area contributed by atoms with Crippen molar-refractivity contribution in [2.45, 2.75) is 97.1 Å². The molecule has 20 heavy (non-hydrogen) atoms. The van der Waals surface area contributed by atoms with E-state index in [0.717, 1.165) is 19.1 Å². The van der Waals surface area contributed by atoms with Crippen LogP contribution in [0.15, 0.2) is 0 Å². The van der Waals surface area contributed by atoms with Crippen LogP contribution in [0.3, 0.4) is 0 Å². The second-order valence-electron chi connectivity index (χ2n) is 6.98. The zero-order valence-electron chi connectivity index (χ0n) is 14.3. The van der Waals surface area contributed by atoms with Gasteiger partial charge in [-0.1, -0.05) is 53.4 Å². The Labute approximate surface area is 127 Å². The van der Waals surface area contributed by atoms with Crippen molar-refractivity contribution >= 4 is 0 Å². The summed E-state index contributed by atoms with van der Waals surface area (Å²) in [4.78, 5) is 0. The number of rotatable bonds is 10. The largest absolute Gasteiger partial charge is 0.374 e. The molecular weight excluding hydrogens is 246 g/mol. The van der Waals surface area contributed by atoms with Crippen LogP contribution in [0.25, 0.3) is 0 Å². The van der Waals surface area contributed by atoms with Crippen molar-refractivity contribution in [3.63, 3.8) is 0 Å². The summed E-state index contributed by atoms with van der Waals surface area (Å²) in [6.45, 7) is 11.0. The average molecular weight is 284 g/mol. The second-order valence-corrected chi connectivity index (χ2v) is 6.98. The third-order valence-electron chi connectivity index (χ3n) is 4.83. The molecule has 1 rings (SSSR count). The molecule has 2 nitrogen and oxygen atoms in total. The minimum atomic E-state index is 0.127. The first-order chi connectivity index (χ1) is 9.62. The Kier molecular flexibility index (Phi) is 8.79. The predicted octanol–water partition coefficient (Wildman–Crippen LogP) is 4.92. The van der Waals surface area contributed by atoms with Crippen LogP contribution in [0.1, 0.15) is 85.5 Å². The predicted molar refractivity (Wildman–Crippen MR) is 88.2 cm³/mol. The summed E-state index contributed by atoms with van der Waals surface area (Å²) < 4.78 is 6.40. The van der Waals surface area contributed by atoms with Gasteiger partial charge in [-0.25, -0.2) is 0 Å². The SMILES string of the molecule is CCCCCCOC1(CNC(C)C)CCC(CC)CC1. The fourth-order valence-corrected chi connectivity index (χ4v) is 3.19. The van der Waals surface area contributed by atoms with Crippen molar-refractivity contribution in [2.75, 3.05) is 13.2 Å². The lowest BCUT2D eigenvalue weighted by Gasteiger charge is -2.41. The van der Waals surface area contributed by atoms with E-state index >= 15 is 0 Å². The van der Waals surface area contributed by atoms with Crippen LogP contribution >= 0.6 is 0 Å². The van der Waals surface area contributed by atoms with Crippen molar-refractivity contribution in [1.29, 1.82) is 0 Å². The van der Waals surface area contributed by atoms with Crippen LogP contribution in [-0.4, -0.2) is 24.8 Å². The number of ether oxygens (including phenoxy) is 1.